The summed E-state index contributed by atoms with van der Waals surface area (Å²) in [7, 11) is -4.45. The maximum Gasteiger partial charge on any atom is 0.469 e. The average molecular weight is 401 g/mol. The van der Waals surface area contributed by atoms with Crippen molar-refractivity contribution in [3.63, 3.8) is 0 Å². The number of carbonyl (C=O) groups is 1. The summed E-state index contributed by atoms with van der Waals surface area (Å²) in [4.78, 5) is 28.5. The van der Waals surface area contributed by atoms with Gasteiger partial charge in [0.1, 0.15) is 0 Å². The first kappa shape index (κ1) is 25.8. The van der Waals surface area contributed by atoms with E-state index in [-0.39, 0.29) is 19.1 Å². The molecule has 0 bridgehead atoms. The minimum absolute atomic E-state index is 0.101. The Morgan fingerprint density at radius 1 is 0.926 bits per heavy atom. The maximum atomic E-state index is 11.5. The first-order valence-corrected chi connectivity index (χ1v) is 11.4. The summed E-state index contributed by atoms with van der Waals surface area (Å²) in [6, 6.07) is 0. The molecule has 7 heteroatoms. The van der Waals surface area contributed by atoms with Crippen LogP contribution in [0, 0.1) is 0 Å². The zero-order valence-electron chi connectivity index (χ0n) is 16.5. The minimum atomic E-state index is -4.45. The molecule has 3 N–H and O–H groups in total. The Balaban J connectivity index is 3.45. The van der Waals surface area contributed by atoms with E-state index in [0.717, 1.165) is 32.1 Å². The molecule has 0 aliphatic heterocycles. The number of amides is 1. The van der Waals surface area contributed by atoms with Gasteiger partial charge in [-0.05, 0) is 44.9 Å². The Kier molecular flexibility index (Phi) is 17.4. The van der Waals surface area contributed by atoms with Gasteiger partial charge in [-0.1, -0.05) is 56.2 Å². The molecule has 0 radical (unpaired) electrons. The van der Waals surface area contributed by atoms with Crippen LogP contribution in [0.2, 0.25) is 0 Å². The lowest BCUT2D eigenvalue weighted by Gasteiger charge is -2.06. The molecule has 0 atom stereocenters. The van der Waals surface area contributed by atoms with Gasteiger partial charge in [-0.3, -0.25) is 9.32 Å². The Labute approximate surface area is 164 Å². The molecule has 0 aromatic heterocycles. The molecule has 0 saturated heterocycles. The number of hydrogen-bond donors (Lipinski definition) is 3. The molecule has 0 fully saturated rings. The second-order valence-corrected chi connectivity index (χ2v) is 7.54. The molecule has 0 heterocycles. The quantitative estimate of drug-likeness (QED) is 0.185. The van der Waals surface area contributed by atoms with Crippen molar-refractivity contribution in [2.24, 2.45) is 0 Å². The number of phosphoric acid groups is 1. The van der Waals surface area contributed by atoms with Crippen molar-refractivity contribution >= 4 is 13.7 Å². The first-order valence-electron chi connectivity index (χ1n) is 9.87. The van der Waals surface area contributed by atoms with E-state index in [4.69, 9.17) is 9.79 Å². The highest BCUT2D eigenvalue weighted by Crippen LogP contribution is 2.35. The number of nitrogens with one attached hydrogen (secondary N) is 1. The largest absolute Gasteiger partial charge is 0.469 e. The summed E-state index contributed by atoms with van der Waals surface area (Å²) in [6.45, 7) is 2.12. The van der Waals surface area contributed by atoms with Crippen LogP contribution in [0.15, 0.2) is 36.5 Å². The SMILES string of the molecule is CCCCC/C=C\C/C=C\C/C=C\CCCCC(=O)NCCOP(=O)(O)O. The zero-order chi connectivity index (χ0) is 20.2. The molecule has 0 unspecified atom stereocenters. The molecule has 0 saturated carbocycles. The van der Waals surface area contributed by atoms with E-state index in [0.29, 0.717) is 6.42 Å². The predicted molar refractivity (Wildman–Crippen MR) is 110 cm³/mol. The maximum absolute atomic E-state index is 11.5. The molecule has 156 valence electrons. The van der Waals surface area contributed by atoms with E-state index in [1.165, 1.54) is 25.7 Å². The average Bonchev–Trinajstić information content (AvgIpc) is 2.61. The van der Waals surface area contributed by atoms with Crippen LogP contribution < -0.4 is 5.32 Å². The molecular weight excluding hydrogens is 365 g/mol. The number of hydrogen-bond acceptors (Lipinski definition) is 3. The second-order valence-electron chi connectivity index (χ2n) is 6.30. The molecule has 0 spiro atoms. The summed E-state index contributed by atoms with van der Waals surface area (Å²) >= 11 is 0. The van der Waals surface area contributed by atoms with Gasteiger partial charge in [0.05, 0.1) is 6.61 Å². The van der Waals surface area contributed by atoms with Gasteiger partial charge in [0.25, 0.3) is 0 Å². The predicted octanol–water partition coefficient (Wildman–Crippen LogP) is 4.80. The van der Waals surface area contributed by atoms with E-state index >= 15 is 0 Å². The normalized spacial score (nSPS) is 12.6. The summed E-state index contributed by atoms with van der Waals surface area (Å²) < 4.78 is 14.7. The van der Waals surface area contributed by atoms with Crippen LogP contribution in [0.4, 0.5) is 0 Å². The van der Waals surface area contributed by atoms with Crippen LogP contribution in [-0.2, 0) is 13.9 Å². The molecule has 0 aliphatic carbocycles. The molecule has 0 aromatic rings. The molecule has 0 rings (SSSR count). The summed E-state index contributed by atoms with van der Waals surface area (Å²) in [6.07, 6.45) is 23.2. The van der Waals surface area contributed by atoms with Crippen LogP contribution in [0.5, 0.6) is 0 Å². The summed E-state index contributed by atoms with van der Waals surface area (Å²) in [5.41, 5.74) is 0. The lowest BCUT2D eigenvalue weighted by atomic mass is 10.1. The lowest BCUT2D eigenvalue weighted by molar-refractivity contribution is -0.121. The monoisotopic (exact) mass is 401 g/mol. The number of unbranched alkanes of at least 4 members (excludes halogenated alkanes) is 5. The fraction of sp³-hybridized carbons (Fsp3) is 0.650. The van der Waals surface area contributed by atoms with Gasteiger partial charge in [-0.2, -0.15) is 0 Å². The number of allylic oxidation sites excluding steroid dienone is 6. The van der Waals surface area contributed by atoms with Crippen LogP contribution in [0.3, 0.4) is 0 Å². The smallest absolute Gasteiger partial charge is 0.354 e. The van der Waals surface area contributed by atoms with E-state index in [1.807, 2.05) is 0 Å². The third-order valence-electron chi connectivity index (χ3n) is 3.73. The van der Waals surface area contributed by atoms with Crippen molar-refractivity contribution in [1.82, 2.24) is 5.32 Å². The highest BCUT2D eigenvalue weighted by Gasteiger charge is 2.12. The van der Waals surface area contributed by atoms with E-state index < -0.39 is 7.82 Å². The van der Waals surface area contributed by atoms with Crippen molar-refractivity contribution in [2.45, 2.75) is 71.1 Å². The van der Waals surface area contributed by atoms with Crippen molar-refractivity contribution in [3.05, 3.63) is 36.5 Å². The standard InChI is InChI=1S/C20H36NO5P/c1-2-3-4-5-6-7-8-9-10-11-12-13-14-15-16-17-20(22)21-18-19-26-27(23,24)25/h6-7,9-10,12-13H,2-5,8,11,14-19H2,1H3,(H,21,22)(H2,23,24,25)/b7-6-,10-9-,13-12-. The van der Waals surface area contributed by atoms with Gasteiger partial charge in [-0.25, -0.2) is 4.57 Å². The van der Waals surface area contributed by atoms with Gasteiger partial charge < -0.3 is 15.1 Å². The fourth-order valence-corrected chi connectivity index (χ4v) is 2.61. The molecule has 0 aliphatic rings. The van der Waals surface area contributed by atoms with Gasteiger partial charge in [0, 0.05) is 13.0 Å². The Morgan fingerprint density at radius 2 is 1.48 bits per heavy atom. The summed E-state index contributed by atoms with van der Waals surface area (Å²) in [5.74, 6) is -0.126. The van der Waals surface area contributed by atoms with Crippen molar-refractivity contribution in [3.8, 4) is 0 Å². The van der Waals surface area contributed by atoms with Crippen molar-refractivity contribution in [1.29, 1.82) is 0 Å². The zero-order valence-corrected chi connectivity index (χ0v) is 17.4. The molecule has 1 amide bonds. The van der Waals surface area contributed by atoms with Gasteiger partial charge in [0.15, 0.2) is 0 Å². The number of rotatable bonds is 17. The van der Waals surface area contributed by atoms with Crippen LogP contribution >= 0.6 is 7.82 Å². The Hall–Kier alpha value is -1.20. The fourth-order valence-electron chi connectivity index (χ4n) is 2.28. The van der Waals surface area contributed by atoms with Gasteiger partial charge in [-0.15, -0.1) is 0 Å². The third kappa shape index (κ3) is 22.8. The third-order valence-corrected chi connectivity index (χ3v) is 4.25. The van der Waals surface area contributed by atoms with E-state index in [1.54, 1.807) is 0 Å². The molecule has 27 heavy (non-hydrogen) atoms. The first-order chi connectivity index (χ1) is 13.0. The van der Waals surface area contributed by atoms with Crippen molar-refractivity contribution < 1.29 is 23.7 Å². The topological polar surface area (TPSA) is 95.9 Å². The Bertz CT molecular complexity index is 497. The van der Waals surface area contributed by atoms with Crippen LogP contribution in [-0.4, -0.2) is 28.8 Å². The molecule has 6 nitrogen and oxygen atoms in total. The lowest BCUT2D eigenvalue weighted by Crippen LogP contribution is -2.26. The van der Waals surface area contributed by atoms with E-state index in [9.17, 15) is 9.36 Å². The molecular formula is C20H36NO5P. The number of carbonyl (C=O) groups excluding carboxylic acids is 1. The van der Waals surface area contributed by atoms with Crippen LogP contribution in [0.25, 0.3) is 0 Å². The minimum Gasteiger partial charge on any atom is -0.354 e. The van der Waals surface area contributed by atoms with Crippen LogP contribution in [0.1, 0.15) is 71.1 Å². The van der Waals surface area contributed by atoms with Crippen molar-refractivity contribution in [2.75, 3.05) is 13.2 Å². The summed E-state index contributed by atoms with van der Waals surface area (Å²) in [5, 5.41) is 2.56. The molecule has 0 aromatic carbocycles. The number of phosphoric ester groups is 1. The van der Waals surface area contributed by atoms with Gasteiger partial charge in [0.2, 0.25) is 5.91 Å². The highest BCUT2D eigenvalue weighted by atomic mass is 31.2. The highest BCUT2D eigenvalue weighted by molar-refractivity contribution is 7.46. The van der Waals surface area contributed by atoms with E-state index in [2.05, 4.69) is 53.2 Å². The second kappa shape index (κ2) is 18.2. The Morgan fingerprint density at radius 3 is 2.04 bits per heavy atom. The van der Waals surface area contributed by atoms with Gasteiger partial charge >= 0.3 is 7.82 Å².